The molecule has 1 amide bonds. The average Bonchev–Trinajstić information content (AvgIpc) is 2.91. The molecule has 1 saturated heterocycles. The minimum Gasteiger partial charge on any atom is -0.482 e. The third-order valence-electron chi connectivity index (χ3n) is 2.90. The molecule has 0 spiro atoms. The van der Waals surface area contributed by atoms with Gasteiger partial charge < -0.3 is 14.8 Å². The van der Waals surface area contributed by atoms with E-state index < -0.39 is 0 Å². The molecule has 98 valence electrons. The summed E-state index contributed by atoms with van der Waals surface area (Å²) in [5, 5.41) is 2.84. The highest BCUT2D eigenvalue weighted by molar-refractivity contribution is 5.77. The Hall–Kier alpha value is -1.62. The highest BCUT2D eigenvalue weighted by Gasteiger charge is 2.15. The minimum atomic E-state index is -0.0993. The lowest BCUT2D eigenvalue weighted by Crippen LogP contribution is -2.30. The van der Waals surface area contributed by atoms with Crippen LogP contribution in [0.2, 0.25) is 0 Å². The normalized spacial score (nSPS) is 18.6. The third-order valence-corrected chi connectivity index (χ3v) is 2.90. The van der Waals surface area contributed by atoms with Crippen LogP contribution in [-0.4, -0.2) is 37.3 Å². The first-order valence-electron chi connectivity index (χ1n) is 6.22. The molecule has 0 radical (unpaired) electrons. The molecule has 0 saturated carbocycles. The summed E-state index contributed by atoms with van der Waals surface area (Å²) in [5.41, 5.74) is 0. The number of carbonyl (C=O) groups is 1. The number of rotatable bonds is 6. The fraction of sp³-hybridized carbons (Fsp3) is 0.538. The molecule has 1 aliphatic heterocycles. The van der Waals surface area contributed by atoms with Crippen LogP contribution in [0.15, 0.2) is 24.5 Å². The van der Waals surface area contributed by atoms with Gasteiger partial charge in [0, 0.05) is 26.0 Å². The molecular formula is C13H18N2O3. The maximum absolute atomic E-state index is 11.5. The summed E-state index contributed by atoms with van der Waals surface area (Å²) in [6.45, 7) is 2.39. The molecule has 1 N–H and O–H groups in total. The van der Waals surface area contributed by atoms with Gasteiger partial charge in [0.1, 0.15) is 5.75 Å². The van der Waals surface area contributed by atoms with E-state index in [0.717, 1.165) is 26.1 Å². The van der Waals surface area contributed by atoms with Gasteiger partial charge in [-0.1, -0.05) is 0 Å². The predicted octanol–water partition coefficient (Wildman–Crippen LogP) is 1.00. The quantitative estimate of drug-likeness (QED) is 0.818. The molecule has 1 aliphatic rings. The predicted molar refractivity (Wildman–Crippen MR) is 66.3 cm³/mol. The van der Waals surface area contributed by atoms with E-state index >= 15 is 0 Å². The Balaban J connectivity index is 1.57. The lowest BCUT2D eigenvalue weighted by atomic mass is 10.1. The van der Waals surface area contributed by atoms with Crippen molar-refractivity contribution < 1.29 is 14.3 Å². The highest BCUT2D eigenvalue weighted by atomic mass is 16.5. The number of nitrogens with zero attached hydrogens (tertiary/aromatic N) is 1. The first kappa shape index (κ1) is 12.8. The number of hydrogen-bond acceptors (Lipinski definition) is 4. The summed E-state index contributed by atoms with van der Waals surface area (Å²) in [7, 11) is 0. The number of hydrogen-bond donors (Lipinski definition) is 1. The van der Waals surface area contributed by atoms with Crippen molar-refractivity contribution in [1.82, 2.24) is 10.3 Å². The molecule has 18 heavy (non-hydrogen) atoms. The summed E-state index contributed by atoms with van der Waals surface area (Å²) in [5.74, 6) is 1.10. The van der Waals surface area contributed by atoms with Gasteiger partial charge in [0.25, 0.3) is 5.91 Å². The monoisotopic (exact) mass is 250 g/mol. The number of ether oxygens (including phenoxy) is 2. The van der Waals surface area contributed by atoms with Gasteiger partial charge in [-0.3, -0.25) is 9.78 Å². The fourth-order valence-corrected chi connectivity index (χ4v) is 1.86. The van der Waals surface area contributed by atoms with Crippen molar-refractivity contribution in [3.8, 4) is 5.75 Å². The van der Waals surface area contributed by atoms with Gasteiger partial charge in [-0.25, -0.2) is 0 Å². The third kappa shape index (κ3) is 4.33. The van der Waals surface area contributed by atoms with Crippen LogP contribution in [-0.2, 0) is 9.53 Å². The maximum atomic E-state index is 11.5. The molecular weight excluding hydrogens is 232 g/mol. The van der Waals surface area contributed by atoms with E-state index in [1.165, 1.54) is 0 Å². The second kappa shape index (κ2) is 6.96. The Morgan fingerprint density at radius 3 is 3.28 bits per heavy atom. The number of amides is 1. The van der Waals surface area contributed by atoms with Crippen molar-refractivity contribution in [3.05, 3.63) is 24.5 Å². The molecule has 5 nitrogen and oxygen atoms in total. The van der Waals surface area contributed by atoms with Gasteiger partial charge in [-0.05, 0) is 30.9 Å². The SMILES string of the molecule is O=C(COc1cccnc1)NCC[C@@H]1CCOC1. The first-order chi connectivity index (χ1) is 8.84. The molecule has 5 heteroatoms. The Morgan fingerprint density at radius 2 is 2.56 bits per heavy atom. The van der Waals surface area contributed by atoms with Crippen molar-refractivity contribution in [2.24, 2.45) is 5.92 Å². The van der Waals surface area contributed by atoms with Crippen LogP contribution in [0.1, 0.15) is 12.8 Å². The van der Waals surface area contributed by atoms with Crippen LogP contribution in [0.3, 0.4) is 0 Å². The number of aromatic nitrogens is 1. The van der Waals surface area contributed by atoms with Crippen LogP contribution in [0, 0.1) is 5.92 Å². The molecule has 1 fully saturated rings. The summed E-state index contributed by atoms with van der Waals surface area (Å²) in [6.07, 6.45) is 5.32. The highest BCUT2D eigenvalue weighted by Crippen LogP contribution is 2.15. The number of carbonyl (C=O) groups excluding carboxylic acids is 1. The Labute approximate surface area is 107 Å². The van der Waals surface area contributed by atoms with E-state index in [0.29, 0.717) is 18.2 Å². The molecule has 1 atom stereocenters. The second-order valence-electron chi connectivity index (χ2n) is 4.35. The molecule has 0 unspecified atom stereocenters. The Morgan fingerprint density at radius 1 is 1.61 bits per heavy atom. The van der Waals surface area contributed by atoms with Gasteiger partial charge in [0.2, 0.25) is 0 Å². The lowest BCUT2D eigenvalue weighted by molar-refractivity contribution is -0.123. The zero-order valence-corrected chi connectivity index (χ0v) is 10.3. The zero-order valence-electron chi connectivity index (χ0n) is 10.3. The van der Waals surface area contributed by atoms with Crippen LogP contribution in [0.5, 0.6) is 5.75 Å². The lowest BCUT2D eigenvalue weighted by Gasteiger charge is -2.09. The standard InChI is InChI=1S/C13H18N2O3/c16-13(10-18-12-2-1-5-14-8-12)15-6-3-11-4-7-17-9-11/h1-2,5,8,11H,3-4,6-7,9-10H2,(H,15,16)/t11-/m1/s1. The van der Waals surface area contributed by atoms with E-state index in [2.05, 4.69) is 10.3 Å². The minimum absolute atomic E-state index is 0.0346. The van der Waals surface area contributed by atoms with Crippen LogP contribution in [0.25, 0.3) is 0 Å². The van der Waals surface area contributed by atoms with Crippen molar-refractivity contribution in [2.45, 2.75) is 12.8 Å². The number of pyridine rings is 1. The summed E-state index contributed by atoms with van der Waals surface area (Å²) in [6, 6.07) is 3.55. The Kier molecular flexibility index (Phi) is 4.96. The Bertz CT molecular complexity index is 364. The van der Waals surface area contributed by atoms with Gasteiger partial charge in [0.05, 0.1) is 6.20 Å². The summed E-state index contributed by atoms with van der Waals surface area (Å²) in [4.78, 5) is 15.4. The van der Waals surface area contributed by atoms with E-state index in [1.807, 2.05) is 0 Å². The largest absolute Gasteiger partial charge is 0.482 e. The molecule has 1 aromatic rings. The zero-order chi connectivity index (χ0) is 12.6. The van der Waals surface area contributed by atoms with E-state index in [1.54, 1.807) is 24.5 Å². The van der Waals surface area contributed by atoms with Crippen molar-refractivity contribution in [3.63, 3.8) is 0 Å². The molecule has 0 aliphatic carbocycles. The summed E-state index contributed by atoms with van der Waals surface area (Å²) < 4.78 is 10.6. The van der Waals surface area contributed by atoms with E-state index in [4.69, 9.17) is 9.47 Å². The van der Waals surface area contributed by atoms with Crippen LogP contribution < -0.4 is 10.1 Å². The molecule has 2 rings (SSSR count). The van der Waals surface area contributed by atoms with Crippen LogP contribution >= 0.6 is 0 Å². The second-order valence-corrected chi connectivity index (χ2v) is 4.35. The molecule has 0 aromatic carbocycles. The number of nitrogens with one attached hydrogen (secondary N) is 1. The molecule has 1 aromatic heterocycles. The van der Waals surface area contributed by atoms with Crippen LogP contribution in [0.4, 0.5) is 0 Å². The van der Waals surface area contributed by atoms with Gasteiger partial charge in [0.15, 0.2) is 6.61 Å². The smallest absolute Gasteiger partial charge is 0.257 e. The average molecular weight is 250 g/mol. The van der Waals surface area contributed by atoms with Crippen molar-refractivity contribution >= 4 is 5.91 Å². The van der Waals surface area contributed by atoms with Gasteiger partial charge in [-0.2, -0.15) is 0 Å². The van der Waals surface area contributed by atoms with Crippen molar-refractivity contribution in [2.75, 3.05) is 26.4 Å². The molecule has 2 heterocycles. The topological polar surface area (TPSA) is 60.5 Å². The van der Waals surface area contributed by atoms with Gasteiger partial charge in [-0.15, -0.1) is 0 Å². The summed E-state index contributed by atoms with van der Waals surface area (Å²) >= 11 is 0. The van der Waals surface area contributed by atoms with Crippen molar-refractivity contribution in [1.29, 1.82) is 0 Å². The fourth-order valence-electron chi connectivity index (χ4n) is 1.86. The van der Waals surface area contributed by atoms with Gasteiger partial charge >= 0.3 is 0 Å². The first-order valence-corrected chi connectivity index (χ1v) is 6.22. The van der Waals surface area contributed by atoms with E-state index in [-0.39, 0.29) is 12.5 Å². The van der Waals surface area contributed by atoms with E-state index in [9.17, 15) is 4.79 Å². The maximum Gasteiger partial charge on any atom is 0.257 e. The molecule has 0 bridgehead atoms.